The molecule has 0 radical (unpaired) electrons. The van der Waals surface area contributed by atoms with Crippen molar-refractivity contribution < 1.29 is 4.42 Å². The van der Waals surface area contributed by atoms with E-state index in [0.29, 0.717) is 17.5 Å². The van der Waals surface area contributed by atoms with E-state index in [-0.39, 0.29) is 0 Å². The second-order valence-corrected chi connectivity index (χ2v) is 12.4. The first-order chi connectivity index (χ1) is 24.8. The summed E-state index contributed by atoms with van der Waals surface area (Å²) in [5, 5.41) is 4.46. The summed E-state index contributed by atoms with van der Waals surface area (Å²) >= 11 is 0. The minimum absolute atomic E-state index is 0.615. The Kier molecular flexibility index (Phi) is 6.42. The maximum Gasteiger partial charge on any atom is 0.166 e. The third-order valence-corrected chi connectivity index (χ3v) is 9.46. The Morgan fingerprint density at radius 1 is 0.400 bits per heavy atom. The van der Waals surface area contributed by atoms with Gasteiger partial charge in [-0.25, -0.2) is 15.0 Å². The van der Waals surface area contributed by atoms with Gasteiger partial charge in [0.05, 0.1) is 11.0 Å². The van der Waals surface area contributed by atoms with Crippen molar-refractivity contribution in [3.63, 3.8) is 0 Å². The molecular formula is C45H28N4O. The monoisotopic (exact) mass is 640 g/mol. The summed E-state index contributed by atoms with van der Waals surface area (Å²) in [7, 11) is 0. The molecule has 3 heterocycles. The Balaban J connectivity index is 1.23. The first kappa shape index (κ1) is 28.2. The first-order valence-corrected chi connectivity index (χ1v) is 16.7. The molecule has 0 aliphatic carbocycles. The second-order valence-electron chi connectivity index (χ2n) is 12.4. The molecule has 0 aliphatic heterocycles. The quantitative estimate of drug-likeness (QED) is 0.188. The smallest absolute Gasteiger partial charge is 0.166 e. The van der Waals surface area contributed by atoms with Crippen LogP contribution >= 0.6 is 0 Å². The van der Waals surface area contributed by atoms with Crippen molar-refractivity contribution >= 4 is 43.7 Å². The van der Waals surface area contributed by atoms with Gasteiger partial charge in [-0.2, -0.15) is 0 Å². The largest absolute Gasteiger partial charge is 0.455 e. The van der Waals surface area contributed by atoms with Gasteiger partial charge in [0.15, 0.2) is 17.5 Å². The van der Waals surface area contributed by atoms with Crippen molar-refractivity contribution in [3.05, 3.63) is 170 Å². The molecule has 10 aromatic rings. The van der Waals surface area contributed by atoms with Crippen LogP contribution in [-0.4, -0.2) is 19.5 Å². The average Bonchev–Trinajstić information content (AvgIpc) is 3.74. The molecule has 0 fully saturated rings. The molecule has 0 spiro atoms. The van der Waals surface area contributed by atoms with Crippen molar-refractivity contribution in [2.45, 2.75) is 0 Å². The van der Waals surface area contributed by atoms with Crippen LogP contribution in [0.5, 0.6) is 0 Å². The Morgan fingerprint density at radius 3 is 1.66 bits per heavy atom. The lowest BCUT2D eigenvalue weighted by molar-refractivity contribution is 0.669. The van der Waals surface area contributed by atoms with Crippen LogP contribution in [0.1, 0.15) is 0 Å². The van der Waals surface area contributed by atoms with E-state index in [9.17, 15) is 0 Å². The predicted molar refractivity (Wildman–Crippen MR) is 203 cm³/mol. The van der Waals surface area contributed by atoms with Crippen LogP contribution in [0.2, 0.25) is 0 Å². The van der Waals surface area contributed by atoms with Gasteiger partial charge in [-0.1, -0.05) is 140 Å². The van der Waals surface area contributed by atoms with E-state index in [1.54, 1.807) is 0 Å². The van der Waals surface area contributed by atoms with E-state index in [0.717, 1.165) is 77.2 Å². The van der Waals surface area contributed by atoms with E-state index in [2.05, 4.69) is 108 Å². The number of hydrogen-bond donors (Lipinski definition) is 0. The number of rotatable bonds is 5. The van der Waals surface area contributed by atoms with Crippen molar-refractivity contribution in [2.24, 2.45) is 0 Å². The standard InChI is InChI=1S/C45H28N4O/c1-4-14-29(15-5-1)33-21-12-23-37-35-27-26-32(28-40(35)50-42(33)37)49-39-25-11-10-20-34(39)36-22-13-24-38(41(36)49)45-47-43(30-16-6-2-7-17-30)46-44(48-45)31-18-8-3-9-19-31/h1-28H. The lowest BCUT2D eigenvalue weighted by atomic mass is 10.0. The summed E-state index contributed by atoms with van der Waals surface area (Å²) in [5.74, 6) is 1.88. The van der Waals surface area contributed by atoms with Gasteiger partial charge in [0.1, 0.15) is 11.2 Å². The summed E-state index contributed by atoms with van der Waals surface area (Å²) < 4.78 is 9.02. The summed E-state index contributed by atoms with van der Waals surface area (Å²) in [6.45, 7) is 0. The summed E-state index contributed by atoms with van der Waals surface area (Å²) in [6, 6.07) is 58.4. The Bertz CT molecular complexity index is 2800. The maximum atomic E-state index is 6.70. The van der Waals surface area contributed by atoms with Crippen LogP contribution in [0.15, 0.2) is 174 Å². The van der Waals surface area contributed by atoms with Gasteiger partial charge in [-0.05, 0) is 29.8 Å². The topological polar surface area (TPSA) is 56.7 Å². The van der Waals surface area contributed by atoms with Crippen molar-refractivity contribution in [2.75, 3.05) is 0 Å². The zero-order valence-corrected chi connectivity index (χ0v) is 26.9. The molecule has 50 heavy (non-hydrogen) atoms. The summed E-state index contributed by atoms with van der Waals surface area (Å²) in [4.78, 5) is 15.2. The molecule has 7 aromatic carbocycles. The SMILES string of the molecule is c1ccc(-c2nc(-c3ccccc3)nc(-c3cccc4c5ccccc5n(-c5ccc6c(c5)oc5c(-c7ccccc7)cccc56)c34)n2)cc1. The second kappa shape index (κ2) is 11.4. The lowest BCUT2D eigenvalue weighted by Crippen LogP contribution is -2.02. The van der Waals surface area contributed by atoms with E-state index in [1.165, 1.54) is 0 Å². The van der Waals surface area contributed by atoms with Gasteiger partial charge < -0.3 is 8.98 Å². The van der Waals surface area contributed by atoms with Crippen molar-refractivity contribution in [1.82, 2.24) is 19.5 Å². The molecule has 0 N–H and O–H groups in total. The number of benzene rings is 7. The third kappa shape index (κ3) is 4.52. The van der Waals surface area contributed by atoms with Crippen LogP contribution in [0.3, 0.4) is 0 Å². The average molecular weight is 641 g/mol. The molecule has 10 rings (SSSR count). The molecule has 0 aliphatic rings. The molecule has 0 amide bonds. The number of para-hydroxylation sites is 3. The van der Waals surface area contributed by atoms with Crippen molar-refractivity contribution in [3.8, 4) is 51.0 Å². The van der Waals surface area contributed by atoms with Crippen molar-refractivity contribution in [1.29, 1.82) is 0 Å². The highest BCUT2D eigenvalue weighted by molar-refractivity contribution is 6.14. The summed E-state index contributed by atoms with van der Waals surface area (Å²) in [5.41, 5.74) is 9.85. The molecule has 0 saturated carbocycles. The Hall–Kier alpha value is -6.85. The minimum Gasteiger partial charge on any atom is -0.455 e. The molecule has 0 atom stereocenters. The number of aromatic nitrogens is 4. The highest BCUT2D eigenvalue weighted by atomic mass is 16.3. The normalized spacial score (nSPS) is 11.6. The third-order valence-electron chi connectivity index (χ3n) is 9.46. The van der Waals surface area contributed by atoms with Gasteiger partial charge in [0.25, 0.3) is 0 Å². The number of hydrogen-bond acceptors (Lipinski definition) is 4. The van der Waals surface area contributed by atoms with Crippen LogP contribution in [0, 0.1) is 0 Å². The molecule has 0 unspecified atom stereocenters. The lowest BCUT2D eigenvalue weighted by Gasteiger charge is -2.12. The molecule has 0 bridgehead atoms. The summed E-state index contributed by atoms with van der Waals surface area (Å²) in [6.07, 6.45) is 0. The zero-order chi connectivity index (χ0) is 33.0. The molecule has 0 saturated heterocycles. The Morgan fingerprint density at radius 2 is 0.960 bits per heavy atom. The number of furan rings is 1. The zero-order valence-electron chi connectivity index (χ0n) is 26.9. The minimum atomic E-state index is 0.615. The number of nitrogens with zero attached hydrogens (tertiary/aromatic N) is 4. The van der Waals surface area contributed by atoms with E-state index >= 15 is 0 Å². The van der Waals surface area contributed by atoms with Gasteiger partial charge in [-0.3, -0.25) is 0 Å². The van der Waals surface area contributed by atoms with E-state index in [1.807, 2.05) is 66.7 Å². The van der Waals surface area contributed by atoms with Crippen LogP contribution in [0.4, 0.5) is 0 Å². The molecule has 5 heteroatoms. The first-order valence-electron chi connectivity index (χ1n) is 16.7. The fourth-order valence-corrected chi connectivity index (χ4v) is 7.17. The molecular weight excluding hydrogens is 613 g/mol. The van der Waals surface area contributed by atoms with Crippen LogP contribution in [0.25, 0.3) is 94.7 Å². The fourth-order valence-electron chi connectivity index (χ4n) is 7.17. The van der Waals surface area contributed by atoms with Gasteiger partial charge in [0, 0.05) is 55.6 Å². The highest BCUT2D eigenvalue weighted by Gasteiger charge is 2.21. The maximum absolute atomic E-state index is 6.70. The van der Waals surface area contributed by atoms with Crippen LogP contribution < -0.4 is 0 Å². The van der Waals surface area contributed by atoms with Gasteiger partial charge >= 0.3 is 0 Å². The predicted octanol–water partition coefficient (Wildman–Crippen LogP) is 11.5. The molecule has 234 valence electrons. The van der Waals surface area contributed by atoms with E-state index < -0.39 is 0 Å². The number of fused-ring (bicyclic) bond motifs is 6. The van der Waals surface area contributed by atoms with Gasteiger partial charge in [0.2, 0.25) is 0 Å². The van der Waals surface area contributed by atoms with Gasteiger partial charge in [-0.15, -0.1) is 0 Å². The molecule has 5 nitrogen and oxygen atoms in total. The fraction of sp³-hybridized carbons (Fsp3) is 0. The van der Waals surface area contributed by atoms with Crippen LogP contribution in [-0.2, 0) is 0 Å². The van der Waals surface area contributed by atoms with E-state index in [4.69, 9.17) is 19.4 Å². The Labute approximate surface area is 287 Å². The highest BCUT2D eigenvalue weighted by Crippen LogP contribution is 2.40. The molecule has 3 aromatic heterocycles.